The molecule has 5 N–H and O–H groups in total. The molecule has 0 amide bonds. The van der Waals surface area contributed by atoms with E-state index in [9.17, 15) is 35.1 Å². The van der Waals surface area contributed by atoms with Gasteiger partial charge in [-0.1, -0.05) is 56.3 Å². The smallest absolute Gasteiger partial charge is 0.340 e. The fourth-order valence-corrected chi connectivity index (χ4v) is 14.2. The zero-order valence-corrected chi connectivity index (χ0v) is 45.1. The molecule has 0 radical (unpaired) electrons. The molecule has 1 aromatic carbocycles. The van der Waals surface area contributed by atoms with Crippen molar-refractivity contribution in [2.75, 3.05) is 21.3 Å². The molecule has 2 aromatic rings. The first kappa shape index (κ1) is 56.9. The van der Waals surface area contributed by atoms with Crippen LogP contribution in [-0.4, -0.2) is 178 Å². The third-order valence-corrected chi connectivity index (χ3v) is 18.9. The van der Waals surface area contributed by atoms with Crippen molar-refractivity contribution in [2.45, 2.75) is 214 Å². The van der Waals surface area contributed by atoms with E-state index >= 15 is 0 Å². The minimum atomic E-state index is -2.17. The lowest BCUT2D eigenvalue weighted by molar-refractivity contribution is -0.342. The highest BCUT2D eigenvalue weighted by molar-refractivity contribution is 5.89. The second-order valence-corrected chi connectivity index (χ2v) is 22.8. The molecule has 1 aromatic heterocycles. The van der Waals surface area contributed by atoms with Crippen molar-refractivity contribution in [1.29, 1.82) is 0 Å². The van der Waals surface area contributed by atoms with E-state index in [-0.39, 0.29) is 31.2 Å². The number of carbonyl (C=O) groups is 2. The lowest BCUT2D eigenvalue weighted by atomic mass is 9.41. The molecule has 4 aliphatic carbocycles. The lowest BCUT2D eigenvalue weighted by Gasteiger charge is -2.68. The highest BCUT2D eigenvalue weighted by Crippen LogP contribution is 2.71. The summed E-state index contributed by atoms with van der Waals surface area (Å²) in [6, 6.07) is 12.3. The summed E-state index contributed by atoms with van der Waals surface area (Å²) in [4.78, 5) is 31.4. The third-order valence-electron chi connectivity index (χ3n) is 18.9. The molecule has 0 bridgehead atoms. The van der Waals surface area contributed by atoms with Crippen LogP contribution in [0.4, 0.5) is 0 Å². The molecule has 9 rings (SSSR count). The minimum Gasteiger partial charge on any atom is -0.458 e. The molecule has 22 atom stereocenters. The Kier molecular flexibility index (Phi) is 16.5. The summed E-state index contributed by atoms with van der Waals surface area (Å²) < 4.78 is 68.2. The minimum absolute atomic E-state index is 0.0725. The van der Waals surface area contributed by atoms with Gasteiger partial charge in [-0.2, -0.15) is 0 Å². The van der Waals surface area contributed by atoms with Gasteiger partial charge in [0, 0.05) is 76.8 Å². The van der Waals surface area contributed by atoms with Crippen molar-refractivity contribution in [2.24, 2.45) is 16.7 Å². The zero-order valence-electron chi connectivity index (χ0n) is 45.1. The third kappa shape index (κ3) is 9.92. The number of hydrogen-bond donors (Lipinski definition) is 5. The van der Waals surface area contributed by atoms with E-state index in [4.69, 9.17) is 52.1 Å². The topological polar surface area (TPSA) is 250 Å². The Labute approximate surface area is 445 Å². The van der Waals surface area contributed by atoms with Crippen LogP contribution in [0.15, 0.2) is 73.1 Å². The van der Waals surface area contributed by atoms with Crippen molar-refractivity contribution < 1.29 is 87.2 Å². The maximum atomic E-state index is 13.9. The molecule has 3 saturated carbocycles. The zero-order chi connectivity index (χ0) is 54.6. The molecular formula is C57H79NO18. The van der Waals surface area contributed by atoms with Crippen LogP contribution in [0.1, 0.15) is 115 Å². The van der Waals surface area contributed by atoms with Gasteiger partial charge in [-0.25, -0.2) is 9.59 Å². The number of fused-ring (bicyclic) bond motifs is 5. The van der Waals surface area contributed by atoms with E-state index in [1.54, 1.807) is 53.4 Å². The average molecular weight is 1070 g/mol. The van der Waals surface area contributed by atoms with Crippen LogP contribution in [-0.2, 0) is 56.9 Å². The Balaban J connectivity index is 0.897. The van der Waals surface area contributed by atoms with Gasteiger partial charge >= 0.3 is 11.9 Å². The monoisotopic (exact) mass is 1070 g/mol. The summed E-state index contributed by atoms with van der Waals surface area (Å²) >= 11 is 0. The molecule has 0 spiro atoms. The second kappa shape index (κ2) is 22.0. The summed E-state index contributed by atoms with van der Waals surface area (Å²) in [6.07, 6.45) is 0.593. The molecule has 6 fully saturated rings. The highest BCUT2D eigenvalue weighted by atomic mass is 16.7. The van der Waals surface area contributed by atoms with Crippen LogP contribution in [0.25, 0.3) is 6.08 Å². The standard InChI is InChI=1S/C57H79NO18/c1-32-48(60)39(66-7)26-46(69-32)75-50-34(3)71-47(28-41(50)68-9)76-49-33(2)70-45(27-40(49)67-8)73-38-19-20-52(5)42-29-43(74-44(59)18-17-36-14-11-10-12-15-36)53(6)55(63,35(4)72-51(61)37-16-13-25-58-31-37)23-24-57(53,65)56(42,64)22-21-54(52,62)30-38/h10-18,21-22,25,31-35,38-43,45-50,60,62-65H,19-20,23-24,26-30H2,1-9H3/b18-17+/t32-,33-,34-,35?,38+,39-,40+,41+,42-,43?,45+,46+,47+,48-,49-,50-,52-,53-,54-,55-,56+,57-/m1/s1. The Morgan fingerprint density at radius 2 is 1.36 bits per heavy atom. The van der Waals surface area contributed by atoms with E-state index in [0.717, 1.165) is 5.56 Å². The van der Waals surface area contributed by atoms with Gasteiger partial charge in [-0.15, -0.1) is 0 Å². The summed E-state index contributed by atoms with van der Waals surface area (Å²) in [5, 5.41) is 63.0. The molecule has 19 heteroatoms. The van der Waals surface area contributed by atoms with Gasteiger partial charge in [-0.05, 0) is 83.6 Å². The molecule has 19 nitrogen and oxygen atoms in total. The van der Waals surface area contributed by atoms with Crippen LogP contribution < -0.4 is 0 Å². The number of aromatic nitrogens is 1. The number of methoxy groups -OCH3 is 3. The van der Waals surface area contributed by atoms with Crippen molar-refractivity contribution in [3.8, 4) is 0 Å². The number of aliphatic hydroxyl groups excluding tert-OH is 1. The molecule has 2 unspecified atom stereocenters. The SMILES string of the molecule is CO[C@H]1C[C@H](O[C@H]2CC[C@]3(C)[C@H]4CC(OC(=O)/C=C/c5ccccc5)[C@@]5(C)[C@](O)(CC[C@@]5(O)C(C)OC(=O)c5cccnc5)[C@]4(O)C=C[C@@]3(O)C2)O[C@H](C)[C@H]1O[C@H]1C[C@H](OC)[C@H](O[C@H]2C[C@@H](OC)[C@H](O)[C@@H](C)O2)[C@@H](C)O1. The van der Waals surface area contributed by atoms with Gasteiger partial charge in [0.2, 0.25) is 0 Å². The summed E-state index contributed by atoms with van der Waals surface area (Å²) in [6.45, 7) is 10.5. The summed E-state index contributed by atoms with van der Waals surface area (Å²) in [5.41, 5.74) is -9.89. The van der Waals surface area contributed by atoms with Crippen molar-refractivity contribution >= 4 is 18.0 Å². The van der Waals surface area contributed by atoms with Crippen LogP contribution in [0.3, 0.4) is 0 Å². The number of hydrogen-bond acceptors (Lipinski definition) is 19. The van der Waals surface area contributed by atoms with Crippen LogP contribution in [0, 0.1) is 16.7 Å². The second-order valence-electron chi connectivity index (χ2n) is 22.8. The Morgan fingerprint density at radius 1 is 0.750 bits per heavy atom. The molecule has 76 heavy (non-hydrogen) atoms. The predicted octanol–water partition coefficient (Wildman–Crippen LogP) is 4.72. The largest absolute Gasteiger partial charge is 0.458 e. The number of nitrogens with zero attached hydrogens (tertiary/aromatic N) is 1. The summed E-state index contributed by atoms with van der Waals surface area (Å²) in [5.74, 6) is -2.40. The number of esters is 2. The molecule has 420 valence electrons. The predicted molar refractivity (Wildman–Crippen MR) is 271 cm³/mol. The van der Waals surface area contributed by atoms with Crippen molar-refractivity contribution in [3.05, 3.63) is 84.2 Å². The highest BCUT2D eigenvalue weighted by Gasteiger charge is 2.82. The number of ether oxygens (including phenoxy) is 11. The number of carbonyl (C=O) groups excluding carboxylic acids is 2. The first-order valence-corrected chi connectivity index (χ1v) is 26.9. The van der Waals surface area contributed by atoms with E-state index in [2.05, 4.69) is 4.98 Å². The normalized spacial score (nSPS) is 45.6. The quantitative estimate of drug-likeness (QED) is 0.0919. The van der Waals surface area contributed by atoms with Gasteiger partial charge in [0.1, 0.15) is 47.3 Å². The Morgan fingerprint density at radius 3 is 1.96 bits per heavy atom. The van der Waals surface area contributed by atoms with Crippen LogP contribution in [0.2, 0.25) is 0 Å². The number of aliphatic hydroxyl groups is 5. The maximum absolute atomic E-state index is 13.9. The van der Waals surface area contributed by atoms with Gasteiger partial charge in [0.15, 0.2) is 18.9 Å². The van der Waals surface area contributed by atoms with Gasteiger partial charge in [0.25, 0.3) is 0 Å². The maximum Gasteiger partial charge on any atom is 0.340 e. The van der Waals surface area contributed by atoms with Gasteiger partial charge in [0.05, 0.1) is 59.3 Å². The van der Waals surface area contributed by atoms with E-state index in [1.165, 1.54) is 37.5 Å². The van der Waals surface area contributed by atoms with E-state index in [1.807, 2.05) is 51.1 Å². The molecular weight excluding hydrogens is 987 g/mol. The number of benzene rings is 1. The first-order chi connectivity index (χ1) is 36.1. The average Bonchev–Trinajstić information content (AvgIpc) is 3.88. The van der Waals surface area contributed by atoms with Crippen molar-refractivity contribution in [1.82, 2.24) is 4.98 Å². The van der Waals surface area contributed by atoms with E-state index in [0.29, 0.717) is 32.1 Å². The number of pyridine rings is 1. The molecule has 3 aliphatic heterocycles. The first-order valence-electron chi connectivity index (χ1n) is 26.9. The Bertz CT molecular complexity index is 2400. The molecule has 7 aliphatic rings. The summed E-state index contributed by atoms with van der Waals surface area (Å²) in [7, 11) is 4.77. The Hall–Kier alpha value is -3.77. The fourth-order valence-electron chi connectivity index (χ4n) is 14.2. The molecule has 4 heterocycles. The fraction of sp³-hybridized carbons (Fsp3) is 0.702. The number of rotatable bonds is 15. The lowest BCUT2D eigenvalue weighted by Crippen LogP contribution is -2.80. The van der Waals surface area contributed by atoms with Gasteiger partial charge < -0.3 is 77.6 Å². The van der Waals surface area contributed by atoms with E-state index < -0.39 is 143 Å². The van der Waals surface area contributed by atoms with Crippen LogP contribution in [0.5, 0.6) is 0 Å². The van der Waals surface area contributed by atoms with Crippen molar-refractivity contribution in [3.63, 3.8) is 0 Å². The molecule has 3 saturated heterocycles. The van der Waals surface area contributed by atoms with Crippen LogP contribution >= 0.6 is 0 Å². The van der Waals surface area contributed by atoms with Gasteiger partial charge in [-0.3, -0.25) is 4.98 Å².